The van der Waals surface area contributed by atoms with Gasteiger partial charge in [-0.15, -0.1) is 0 Å². The number of hydrogen-bond donors (Lipinski definition) is 1. The standard InChI is InChI=1S/C21H22N4O3S/c1-24(2)20-13-12-17(15-22-20)23-21(26)16-8-7-11-19(14-16)29(27,28)25(3)18-9-5-4-6-10-18/h4-15H,1-3H3,(H,23,26). The van der Waals surface area contributed by atoms with Gasteiger partial charge < -0.3 is 10.2 Å². The van der Waals surface area contributed by atoms with Crippen LogP contribution >= 0.6 is 0 Å². The van der Waals surface area contributed by atoms with Crippen LogP contribution in [-0.2, 0) is 10.0 Å². The van der Waals surface area contributed by atoms with Crippen LogP contribution in [0.2, 0.25) is 0 Å². The van der Waals surface area contributed by atoms with E-state index in [0.29, 0.717) is 11.4 Å². The number of hydrogen-bond acceptors (Lipinski definition) is 5. The summed E-state index contributed by atoms with van der Waals surface area (Å²) in [5, 5.41) is 2.74. The lowest BCUT2D eigenvalue weighted by atomic mass is 10.2. The number of nitrogens with one attached hydrogen (secondary N) is 1. The molecule has 0 atom stereocenters. The van der Waals surface area contributed by atoms with Crippen molar-refractivity contribution in [3.63, 3.8) is 0 Å². The van der Waals surface area contributed by atoms with Crippen LogP contribution < -0.4 is 14.5 Å². The fourth-order valence-electron chi connectivity index (χ4n) is 2.66. The van der Waals surface area contributed by atoms with E-state index in [4.69, 9.17) is 0 Å². The number of pyridine rings is 1. The van der Waals surface area contributed by atoms with Crippen molar-refractivity contribution in [3.8, 4) is 0 Å². The Morgan fingerprint density at radius 1 is 0.931 bits per heavy atom. The van der Waals surface area contributed by atoms with Gasteiger partial charge >= 0.3 is 0 Å². The molecule has 0 unspecified atom stereocenters. The molecule has 0 radical (unpaired) electrons. The van der Waals surface area contributed by atoms with Crippen LogP contribution in [0.4, 0.5) is 17.2 Å². The molecule has 7 nitrogen and oxygen atoms in total. The number of benzene rings is 2. The average Bonchev–Trinajstić information content (AvgIpc) is 2.74. The summed E-state index contributed by atoms with van der Waals surface area (Å²) in [5.41, 5.74) is 1.30. The molecule has 1 amide bonds. The van der Waals surface area contributed by atoms with Crippen molar-refractivity contribution in [2.75, 3.05) is 35.7 Å². The van der Waals surface area contributed by atoms with E-state index in [1.54, 1.807) is 54.7 Å². The van der Waals surface area contributed by atoms with E-state index in [9.17, 15) is 13.2 Å². The van der Waals surface area contributed by atoms with E-state index in [1.807, 2.05) is 25.1 Å². The van der Waals surface area contributed by atoms with Crippen molar-refractivity contribution in [1.29, 1.82) is 0 Å². The number of nitrogens with zero attached hydrogens (tertiary/aromatic N) is 3. The number of para-hydroxylation sites is 1. The number of amides is 1. The lowest BCUT2D eigenvalue weighted by Crippen LogP contribution is -2.26. The number of aromatic nitrogens is 1. The van der Waals surface area contributed by atoms with E-state index in [1.165, 1.54) is 23.5 Å². The number of sulfonamides is 1. The quantitative estimate of drug-likeness (QED) is 0.675. The zero-order valence-corrected chi connectivity index (χ0v) is 17.2. The number of anilines is 3. The first-order valence-electron chi connectivity index (χ1n) is 8.88. The molecule has 0 fully saturated rings. The second-order valence-electron chi connectivity index (χ2n) is 6.59. The molecule has 150 valence electrons. The first-order valence-corrected chi connectivity index (χ1v) is 10.3. The van der Waals surface area contributed by atoms with Crippen molar-refractivity contribution in [1.82, 2.24) is 4.98 Å². The Kier molecular flexibility index (Phi) is 5.84. The van der Waals surface area contributed by atoms with Crippen LogP contribution in [0, 0.1) is 0 Å². The second kappa shape index (κ2) is 8.32. The molecule has 1 aromatic heterocycles. The molecule has 8 heteroatoms. The lowest BCUT2D eigenvalue weighted by molar-refractivity contribution is 0.102. The average molecular weight is 410 g/mol. The molecule has 0 bridgehead atoms. The van der Waals surface area contributed by atoms with Gasteiger partial charge in [-0.1, -0.05) is 24.3 Å². The van der Waals surface area contributed by atoms with Gasteiger partial charge in [0.1, 0.15) is 5.82 Å². The molecule has 0 saturated heterocycles. The summed E-state index contributed by atoms with van der Waals surface area (Å²) in [6.07, 6.45) is 1.55. The third-order valence-corrected chi connectivity index (χ3v) is 6.12. The Labute approximate surface area is 170 Å². The van der Waals surface area contributed by atoms with Crippen molar-refractivity contribution in [3.05, 3.63) is 78.5 Å². The molecule has 1 N–H and O–H groups in total. The summed E-state index contributed by atoms with van der Waals surface area (Å²) >= 11 is 0. The van der Waals surface area contributed by atoms with Crippen molar-refractivity contribution < 1.29 is 13.2 Å². The smallest absolute Gasteiger partial charge is 0.264 e. The Balaban J connectivity index is 1.82. The molecule has 0 aliphatic carbocycles. The lowest BCUT2D eigenvalue weighted by Gasteiger charge is -2.19. The maximum absolute atomic E-state index is 12.9. The molecule has 0 aliphatic heterocycles. The summed E-state index contributed by atoms with van der Waals surface area (Å²) in [6, 6.07) is 18.2. The minimum absolute atomic E-state index is 0.0394. The van der Waals surface area contributed by atoms with Crippen LogP contribution in [0.3, 0.4) is 0 Å². The summed E-state index contributed by atoms with van der Waals surface area (Å²) < 4.78 is 27.1. The van der Waals surface area contributed by atoms with E-state index in [-0.39, 0.29) is 10.5 Å². The first-order chi connectivity index (χ1) is 13.8. The van der Waals surface area contributed by atoms with Gasteiger partial charge in [-0.05, 0) is 42.5 Å². The molecule has 1 heterocycles. The Hall–Kier alpha value is -3.39. The molecule has 3 rings (SSSR count). The van der Waals surface area contributed by atoms with Crippen molar-refractivity contribution >= 4 is 33.1 Å². The highest BCUT2D eigenvalue weighted by molar-refractivity contribution is 7.92. The molecular formula is C21H22N4O3S. The maximum atomic E-state index is 12.9. The van der Waals surface area contributed by atoms with Crippen molar-refractivity contribution in [2.45, 2.75) is 4.90 Å². The topological polar surface area (TPSA) is 82.6 Å². The molecule has 0 saturated carbocycles. The van der Waals surface area contributed by atoms with E-state index >= 15 is 0 Å². The highest BCUT2D eigenvalue weighted by atomic mass is 32.2. The predicted octanol–water partition coefficient (Wildman–Crippen LogP) is 3.23. The van der Waals surface area contributed by atoms with Crippen LogP contribution in [0.1, 0.15) is 10.4 Å². The molecule has 29 heavy (non-hydrogen) atoms. The minimum atomic E-state index is -3.80. The van der Waals surface area contributed by atoms with Crippen molar-refractivity contribution in [2.24, 2.45) is 0 Å². The second-order valence-corrected chi connectivity index (χ2v) is 8.56. The molecule has 0 aliphatic rings. The highest BCUT2D eigenvalue weighted by Gasteiger charge is 2.22. The molecule has 3 aromatic rings. The third kappa shape index (κ3) is 4.55. The van der Waals surface area contributed by atoms with Gasteiger partial charge in [0.05, 0.1) is 22.5 Å². The van der Waals surface area contributed by atoms with Gasteiger partial charge in [-0.2, -0.15) is 0 Å². The Bertz CT molecular complexity index is 1100. The van der Waals surface area contributed by atoms with Crippen LogP contribution in [0.5, 0.6) is 0 Å². The maximum Gasteiger partial charge on any atom is 0.264 e. The SMILES string of the molecule is CN(C)c1ccc(NC(=O)c2cccc(S(=O)(=O)N(C)c3ccccc3)c2)cn1. The third-order valence-electron chi connectivity index (χ3n) is 4.34. The first kappa shape index (κ1) is 20.3. The zero-order valence-electron chi connectivity index (χ0n) is 16.4. The van der Waals surface area contributed by atoms with Gasteiger partial charge in [0.2, 0.25) is 0 Å². The van der Waals surface area contributed by atoms with Crippen LogP contribution in [0.15, 0.2) is 77.8 Å². The Morgan fingerprint density at radius 2 is 1.66 bits per heavy atom. The molecular weight excluding hydrogens is 388 g/mol. The number of carbonyl (C=O) groups excluding carboxylic acids is 1. The van der Waals surface area contributed by atoms with E-state index in [2.05, 4.69) is 10.3 Å². The number of rotatable bonds is 6. The fourth-order valence-corrected chi connectivity index (χ4v) is 3.90. The van der Waals surface area contributed by atoms with E-state index < -0.39 is 15.9 Å². The van der Waals surface area contributed by atoms with Gasteiger partial charge in [0.25, 0.3) is 15.9 Å². The van der Waals surface area contributed by atoms with Gasteiger partial charge in [-0.25, -0.2) is 13.4 Å². The van der Waals surface area contributed by atoms with E-state index in [0.717, 1.165) is 5.82 Å². The highest BCUT2D eigenvalue weighted by Crippen LogP contribution is 2.22. The molecule has 2 aromatic carbocycles. The summed E-state index contributed by atoms with van der Waals surface area (Å²) in [4.78, 5) is 18.7. The van der Waals surface area contributed by atoms with Gasteiger partial charge in [0, 0.05) is 26.7 Å². The van der Waals surface area contributed by atoms with Gasteiger partial charge in [0.15, 0.2) is 0 Å². The van der Waals surface area contributed by atoms with Crippen LogP contribution in [0.25, 0.3) is 0 Å². The Morgan fingerprint density at radius 3 is 2.28 bits per heavy atom. The van der Waals surface area contributed by atoms with Gasteiger partial charge in [-0.3, -0.25) is 9.10 Å². The summed E-state index contributed by atoms with van der Waals surface area (Å²) in [5.74, 6) is 0.351. The summed E-state index contributed by atoms with van der Waals surface area (Å²) in [7, 11) is 1.43. The monoisotopic (exact) mass is 410 g/mol. The predicted molar refractivity (Wildman–Crippen MR) is 115 cm³/mol. The molecule has 0 spiro atoms. The van der Waals surface area contributed by atoms with Crippen LogP contribution in [-0.4, -0.2) is 40.5 Å². The summed E-state index contributed by atoms with van der Waals surface area (Å²) in [6.45, 7) is 0. The number of carbonyl (C=O) groups is 1. The minimum Gasteiger partial charge on any atom is -0.363 e. The largest absolute Gasteiger partial charge is 0.363 e. The normalized spacial score (nSPS) is 11.0. The fraction of sp³-hybridized carbons (Fsp3) is 0.143. The zero-order chi connectivity index (χ0) is 21.0.